The van der Waals surface area contributed by atoms with Crippen LogP contribution in [0.4, 0.5) is 0 Å². The maximum Gasteiger partial charge on any atom is 0.261 e. The summed E-state index contributed by atoms with van der Waals surface area (Å²) in [5.74, 6) is 1.83. The molecule has 2 rings (SSSR count). The molecule has 0 amide bonds. The van der Waals surface area contributed by atoms with E-state index in [9.17, 15) is 0 Å². The smallest absolute Gasteiger partial charge is 0.261 e. The first-order chi connectivity index (χ1) is 8.70. The minimum absolute atomic E-state index is 0.0117. The van der Waals surface area contributed by atoms with Crippen molar-refractivity contribution in [3.8, 4) is 17.2 Å². The standard InChI is InChI=1S/C13H17N3O2/c1-3-17-11-7-5-4-6-10(11)13-15-12(16-18-13)8-9(2)14/h4-7,9H,3,8,14H2,1-2H3. The Balaban J connectivity index is 2.28. The number of aromatic nitrogens is 2. The highest BCUT2D eigenvalue weighted by atomic mass is 16.5. The normalized spacial score (nSPS) is 12.4. The van der Waals surface area contributed by atoms with Crippen LogP contribution in [0.5, 0.6) is 5.75 Å². The third-order valence-corrected chi connectivity index (χ3v) is 2.39. The predicted molar refractivity (Wildman–Crippen MR) is 68.3 cm³/mol. The van der Waals surface area contributed by atoms with Crippen LogP contribution in [0.2, 0.25) is 0 Å². The molecule has 1 aromatic carbocycles. The van der Waals surface area contributed by atoms with E-state index in [-0.39, 0.29) is 6.04 Å². The minimum Gasteiger partial charge on any atom is -0.493 e. The highest BCUT2D eigenvalue weighted by Gasteiger charge is 2.14. The maximum absolute atomic E-state index is 5.70. The van der Waals surface area contributed by atoms with Crippen molar-refractivity contribution in [3.63, 3.8) is 0 Å². The van der Waals surface area contributed by atoms with Crippen LogP contribution in [-0.2, 0) is 6.42 Å². The van der Waals surface area contributed by atoms with Crippen molar-refractivity contribution in [1.29, 1.82) is 0 Å². The van der Waals surface area contributed by atoms with Crippen molar-refractivity contribution in [3.05, 3.63) is 30.1 Å². The first-order valence-electron chi connectivity index (χ1n) is 6.01. The molecule has 0 saturated heterocycles. The number of hydrogen-bond donors (Lipinski definition) is 1. The van der Waals surface area contributed by atoms with Gasteiger partial charge in [0.15, 0.2) is 5.82 Å². The van der Waals surface area contributed by atoms with Gasteiger partial charge >= 0.3 is 0 Å². The number of nitrogens with zero attached hydrogens (tertiary/aromatic N) is 2. The van der Waals surface area contributed by atoms with Crippen LogP contribution in [0.3, 0.4) is 0 Å². The molecule has 2 aromatic rings. The Labute approximate surface area is 106 Å². The van der Waals surface area contributed by atoms with E-state index in [2.05, 4.69) is 10.1 Å². The Morgan fingerprint density at radius 1 is 1.39 bits per heavy atom. The summed E-state index contributed by atoms with van der Waals surface area (Å²) in [5, 5.41) is 3.91. The molecule has 5 heteroatoms. The van der Waals surface area contributed by atoms with Gasteiger partial charge in [0, 0.05) is 12.5 Å². The van der Waals surface area contributed by atoms with Gasteiger partial charge in [-0.2, -0.15) is 4.98 Å². The van der Waals surface area contributed by atoms with E-state index < -0.39 is 0 Å². The van der Waals surface area contributed by atoms with Gasteiger partial charge in [0.25, 0.3) is 5.89 Å². The van der Waals surface area contributed by atoms with Gasteiger partial charge in [0.2, 0.25) is 0 Å². The SMILES string of the molecule is CCOc1ccccc1-c1nc(CC(C)N)no1. The lowest BCUT2D eigenvalue weighted by Crippen LogP contribution is -2.18. The Morgan fingerprint density at radius 2 is 2.17 bits per heavy atom. The Hall–Kier alpha value is -1.88. The largest absolute Gasteiger partial charge is 0.493 e. The average molecular weight is 247 g/mol. The summed E-state index contributed by atoms with van der Waals surface area (Å²) in [6.07, 6.45) is 0.598. The fraction of sp³-hybridized carbons (Fsp3) is 0.385. The van der Waals surface area contributed by atoms with Crippen LogP contribution in [0, 0.1) is 0 Å². The van der Waals surface area contributed by atoms with Gasteiger partial charge in [0.05, 0.1) is 12.2 Å². The molecule has 1 aromatic heterocycles. The second-order valence-corrected chi connectivity index (χ2v) is 4.13. The summed E-state index contributed by atoms with van der Waals surface area (Å²) in [6.45, 7) is 4.44. The van der Waals surface area contributed by atoms with Crippen molar-refractivity contribution in [2.75, 3.05) is 6.61 Å². The van der Waals surface area contributed by atoms with E-state index in [0.29, 0.717) is 24.7 Å². The molecule has 5 nitrogen and oxygen atoms in total. The Kier molecular flexibility index (Phi) is 3.94. The molecular formula is C13H17N3O2. The van der Waals surface area contributed by atoms with E-state index in [0.717, 1.165) is 11.3 Å². The van der Waals surface area contributed by atoms with Crippen LogP contribution in [0.15, 0.2) is 28.8 Å². The lowest BCUT2D eigenvalue weighted by Gasteiger charge is -2.05. The van der Waals surface area contributed by atoms with Crippen molar-refractivity contribution < 1.29 is 9.26 Å². The Morgan fingerprint density at radius 3 is 2.89 bits per heavy atom. The zero-order chi connectivity index (χ0) is 13.0. The van der Waals surface area contributed by atoms with Crippen molar-refractivity contribution in [2.24, 2.45) is 5.73 Å². The topological polar surface area (TPSA) is 74.2 Å². The molecule has 18 heavy (non-hydrogen) atoms. The molecule has 0 aliphatic rings. The van der Waals surface area contributed by atoms with Gasteiger partial charge in [-0.1, -0.05) is 17.3 Å². The molecule has 2 N–H and O–H groups in total. The van der Waals surface area contributed by atoms with Crippen molar-refractivity contribution in [2.45, 2.75) is 26.3 Å². The number of nitrogens with two attached hydrogens (primary N) is 1. The average Bonchev–Trinajstić information content (AvgIpc) is 2.77. The molecule has 1 atom stereocenters. The van der Waals surface area contributed by atoms with Gasteiger partial charge < -0.3 is 15.0 Å². The highest BCUT2D eigenvalue weighted by Crippen LogP contribution is 2.28. The summed E-state index contributed by atoms with van der Waals surface area (Å²) in [7, 11) is 0. The first kappa shape index (κ1) is 12.6. The fourth-order valence-corrected chi connectivity index (χ4v) is 1.66. The zero-order valence-corrected chi connectivity index (χ0v) is 10.6. The number of hydrogen-bond acceptors (Lipinski definition) is 5. The lowest BCUT2D eigenvalue weighted by molar-refractivity contribution is 0.339. The fourth-order valence-electron chi connectivity index (χ4n) is 1.66. The summed E-state index contributed by atoms with van der Waals surface area (Å²) in [4.78, 5) is 4.33. The monoisotopic (exact) mass is 247 g/mol. The maximum atomic E-state index is 5.70. The summed E-state index contributed by atoms with van der Waals surface area (Å²) in [5.41, 5.74) is 6.51. The van der Waals surface area contributed by atoms with Crippen LogP contribution < -0.4 is 10.5 Å². The molecule has 0 fully saturated rings. The second kappa shape index (κ2) is 5.64. The number of benzene rings is 1. The van der Waals surface area contributed by atoms with Gasteiger partial charge in [-0.3, -0.25) is 0 Å². The van der Waals surface area contributed by atoms with E-state index in [4.69, 9.17) is 15.0 Å². The van der Waals surface area contributed by atoms with Gasteiger partial charge in [0.1, 0.15) is 5.75 Å². The molecule has 96 valence electrons. The van der Waals surface area contributed by atoms with Crippen molar-refractivity contribution >= 4 is 0 Å². The first-order valence-corrected chi connectivity index (χ1v) is 6.01. The van der Waals surface area contributed by atoms with Crippen molar-refractivity contribution in [1.82, 2.24) is 10.1 Å². The van der Waals surface area contributed by atoms with Gasteiger partial charge in [-0.25, -0.2) is 0 Å². The van der Waals surface area contributed by atoms with E-state index in [1.807, 2.05) is 38.1 Å². The number of para-hydroxylation sites is 1. The number of ether oxygens (including phenoxy) is 1. The summed E-state index contributed by atoms with van der Waals surface area (Å²) in [6, 6.07) is 7.61. The molecular weight excluding hydrogens is 230 g/mol. The van der Waals surface area contributed by atoms with E-state index in [1.165, 1.54) is 0 Å². The zero-order valence-electron chi connectivity index (χ0n) is 10.6. The van der Waals surface area contributed by atoms with Crippen LogP contribution in [0.25, 0.3) is 11.5 Å². The third-order valence-electron chi connectivity index (χ3n) is 2.39. The predicted octanol–water partition coefficient (Wildman–Crippen LogP) is 2.02. The van der Waals surface area contributed by atoms with E-state index >= 15 is 0 Å². The second-order valence-electron chi connectivity index (χ2n) is 4.13. The molecule has 0 bridgehead atoms. The van der Waals surface area contributed by atoms with Gasteiger partial charge in [-0.05, 0) is 26.0 Å². The molecule has 1 heterocycles. The third kappa shape index (κ3) is 2.87. The molecule has 0 radical (unpaired) electrons. The Bertz CT molecular complexity index is 508. The van der Waals surface area contributed by atoms with Crippen LogP contribution in [-0.4, -0.2) is 22.8 Å². The molecule has 0 aliphatic heterocycles. The minimum atomic E-state index is 0.0117. The summed E-state index contributed by atoms with van der Waals surface area (Å²) >= 11 is 0. The molecule has 1 unspecified atom stereocenters. The van der Waals surface area contributed by atoms with Crippen LogP contribution >= 0.6 is 0 Å². The summed E-state index contributed by atoms with van der Waals surface area (Å²) < 4.78 is 10.8. The van der Waals surface area contributed by atoms with Gasteiger partial charge in [-0.15, -0.1) is 0 Å². The molecule has 0 aliphatic carbocycles. The lowest BCUT2D eigenvalue weighted by atomic mass is 10.2. The molecule has 0 spiro atoms. The highest BCUT2D eigenvalue weighted by molar-refractivity contribution is 5.62. The number of rotatable bonds is 5. The van der Waals surface area contributed by atoms with E-state index in [1.54, 1.807) is 0 Å². The quantitative estimate of drug-likeness (QED) is 0.875. The van der Waals surface area contributed by atoms with Crippen LogP contribution in [0.1, 0.15) is 19.7 Å². The molecule has 0 saturated carbocycles.